The van der Waals surface area contributed by atoms with E-state index in [1.807, 2.05) is 0 Å². The van der Waals surface area contributed by atoms with Gasteiger partial charge < -0.3 is 5.32 Å². The first-order valence-corrected chi connectivity index (χ1v) is 11.9. The molecule has 2 aromatic rings. The monoisotopic (exact) mass is 444 g/mol. The van der Waals surface area contributed by atoms with E-state index in [0.29, 0.717) is 28.1 Å². The highest BCUT2D eigenvalue weighted by Gasteiger charge is 2.47. The molecule has 0 spiro atoms. The van der Waals surface area contributed by atoms with Crippen molar-refractivity contribution in [2.24, 2.45) is 0 Å². The summed E-state index contributed by atoms with van der Waals surface area (Å²) in [6.07, 6.45) is 5.72. The summed E-state index contributed by atoms with van der Waals surface area (Å²) in [4.78, 5) is 6.27. The van der Waals surface area contributed by atoms with Crippen LogP contribution in [0.4, 0.5) is 15.2 Å². The summed E-state index contributed by atoms with van der Waals surface area (Å²) in [5, 5.41) is 3.17. The van der Waals surface area contributed by atoms with Crippen molar-refractivity contribution in [2.75, 3.05) is 23.1 Å². The smallest absolute Gasteiger partial charge is 0.263 e. The molecular formula is C18H22ClFN4O2S2. The van der Waals surface area contributed by atoms with Gasteiger partial charge in [0.05, 0.1) is 21.8 Å². The van der Waals surface area contributed by atoms with Gasteiger partial charge in [-0.05, 0) is 57.4 Å². The van der Waals surface area contributed by atoms with E-state index in [2.05, 4.69) is 26.8 Å². The fourth-order valence-corrected chi connectivity index (χ4v) is 6.49. The molecule has 152 valence electrons. The molecule has 0 amide bonds. The SMILES string of the molecule is C[C@@H]1CC[C@@]2(CNc3ccc(S(=O)(=O)Nc4ncc(F)s4)cc3Cl)CCCN12. The van der Waals surface area contributed by atoms with Crippen LogP contribution in [0.15, 0.2) is 29.3 Å². The van der Waals surface area contributed by atoms with Crippen molar-refractivity contribution < 1.29 is 12.8 Å². The molecule has 1 aromatic carbocycles. The third kappa shape index (κ3) is 3.72. The van der Waals surface area contributed by atoms with Crippen molar-refractivity contribution >= 4 is 43.8 Å². The molecule has 0 aliphatic carbocycles. The topological polar surface area (TPSA) is 74.3 Å². The van der Waals surface area contributed by atoms with E-state index in [1.165, 1.54) is 37.8 Å². The molecule has 1 aromatic heterocycles. The van der Waals surface area contributed by atoms with Gasteiger partial charge in [-0.25, -0.2) is 13.4 Å². The van der Waals surface area contributed by atoms with Crippen molar-refractivity contribution in [1.82, 2.24) is 9.88 Å². The van der Waals surface area contributed by atoms with Gasteiger partial charge >= 0.3 is 0 Å². The third-order valence-corrected chi connectivity index (χ3v) is 8.25. The summed E-state index contributed by atoms with van der Waals surface area (Å²) >= 11 is 6.98. The zero-order chi connectivity index (χ0) is 19.9. The minimum atomic E-state index is -3.88. The maximum absolute atomic E-state index is 13.0. The number of fused-ring (bicyclic) bond motifs is 1. The Hall–Kier alpha value is -1.42. The molecule has 2 N–H and O–H groups in total. The molecule has 28 heavy (non-hydrogen) atoms. The molecule has 4 rings (SSSR count). The summed E-state index contributed by atoms with van der Waals surface area (Å²) in [5.41, 5.74) is 0.880. The molecule has 10 heteroatoms. The number of anilines is 2. The predicted octanol–water partition coefficient (Wildman–Crippen LogP) is 4.17. The van der Waals surface area contributed by atoms with Gasteiger partial charge in [0.2, 0.25) is 0 Å². The van der Waals surface area contributed by atoms with Crippen LogP contribution in [-0.4, -0.2) is 43.0 Å². The fourth-order valence-electron chi connectivity index (χ4n) is 4.37. The van der Waals surface area contributed by atoms with Gasteiger partial charge in [0.25, 0.3) is 10.0 Å². The Morgan fingerprint density at radius 2 is 2.25 bits per heavy atom. The quantitative estimate of drug-likeness (QED) is 0.699. The van der Waals surface area contributed by atoms with Crippen LogP contribution < -0.4 is 10.0 Å². The van der Waals surface area contributed by atoms with E-state index in [-0.39, 0.29) is 15.6 Å². The molecule has 0 radical (unpaired) electrons. The van der Waals surface area contributed by atoms with Crippen LogP contribution in [0.25, 0.3) is 0 Å². The van der Waals surface area contributed by atoms with Gasteiger partial charge in [-0.2, -0.15) is 4.39 Å². The highest BCUT2D eigenvalue weighted by Crippen LogP contribution is 2.42. The van der Waals surface area contributed by atoms with Crippen LogP contribution in [0.1, 0.15) is 32.6 Å². The first kappa shape index (κ1) is 19.9. The van der Waals surface area contributed by atoms with E-state index in [1.54, 1.807) is 6.07 Å². The molecule has 2 fully saturated rings. The first-order valence-electron chi connectivity index (χ1n) is 9.23. The number of aromatic nitrogens is 1. The number of nitrogens with one attached hydrogen (secondary N) is 2. The minimum absolute atomic E-state index is 0.00815. The second kappa shape index (κ2) is 7.44. The number of thiazole rings is 1. The van der Waals surface area contributed by atoms with E-state index >= 15 is 0 Å². The van der Waals surface area contributed by atoms with E-state index in [9.17, 15) is 12.8 Å². The molecule has 3 heterocycles. The number of nitrogens with zero attached hydrogens (tertiary/aromatic N) is 2. The lowest BCUT2D eigenvalue weighted by molar-refractivity contribution is 0.170. The molecule has 2 aliphatic rings. The molecule has 2 saturated heterocycles. The Morgan fingerprint density at radius 1 is 1.43 bits per heavy atom. The number of hydrogen-bond acceptors (Lipinski definition) is 6. The number of rotatable bonds is 6. The second-order valence-electron chi connectivity index (χ2n) is 7.48. The van der Waals surface area contributed by atoms with Crippen LogP contribution in [0.3, 0.4) is 0 Å². The lowest BCUT2D eigenvalue weighted by Gasteiger charge is -2.34. The third-order valence-electron chi connectivity index (χ3n) is 5.77. The highest BCUT2D eigenvalue weighted by molar-refractivity contribution is 7.93. The van der Waals surface area contributed by atoms with Gasteiger partial charge in [0.1, 0.15) is 0 Å². The molecule has 2 aliphatic heterocycles. The van der Waals surface area contributed by atoms with Crippen molar-refractivity contribution in [1.29, 1.82) is 0 Å². The summed E-state index contributed by atoms with van der Waals surface area (Å²) in [6, 6.07) is 5.17. The zero-order valence-electron chi connectivity index (χ0n) is 15.4. The predicted molar refractivity (Wildman–Crippen MR) is 110 cm³/mol. The zero-order valence-corrected chi connectivity index (χ0v) is 17.8. The van der Waals surface area contributed by atoms with Crippen LogP contribution in [0.5, 0.6) is 0 Å². The lowest BCUT2D eigenvalue weighted by Crippen LogP contribution is -2.46. The summed E-state index contributed by atoms with van der Waals surface area (Å²) in [5.74, 6) is 0. The highest BCUT2D eigenvalue weighted by atomic mass is 35.5. The largest absolute Gasteiger partial charge is 0.382 e. The Kier molecular flexibility index (Phi) is 5.28. The summed E-state index contributed by atoms with van der Waals surface area (Å²) in [6.45, 7) is 4.21. The standard InChI is InChI=1S/C18H22ClFN4O2S2/c1-12-5-7-18(6-2-8-24(12)18)11-22-15-4-3-13(9-14(15)19)28(25,26)23-17-21-10-16(20)27-17/h3-4,9-10,12,22H,2,5-8,11H2,1H3,(H,21,23)/t12-,18-/m1/s1. The fraction of sp³-hybridized carbons (Fsp3) is 0.500. The average molecular weight is 445 g/mol. The maximum atomic E-state index is 13.0. The van der Waals surface area contributed by atoms with Crippen LogP contribution in [0.2, 0.25) is 5.02 Å². The second-order valence-corrected chi connectivity index (χ2v) is 10.5. The molecule has 6 nitrogen and oxygen atoms in total. The molecule has 2 atom stereocenters. The number of sulfonamides is 1. The van der Waals surface area contributed by atoms with E-state index in [4.69, 9.17) is 11.6 Å². The Labute approximate surface area is 173 Å². The minimum Gasteiger partial charge on any atom is -0.382 e. The van der Waals surface area contributed by atoms with Crippen LogP contribution >= 0.6 is 22.9 Å². The van der Waals surface area contributed by atoms with Gasteiger partial charge in [-0.15, -0.1) is 0 Å². The van der Waals surface area contributed by atoms with E-state index in [0.717, 1.165) is 19.3 Å². The lowest BCUT2D eigenvalue weighted by atomic mass is 9.94. The van der Waals surface area contributed by atoms with Crippen LogP contribution in [0, 0.1) is 5.13 Å². The Balaban J connectivity index is 1.47. The normalized spacial score (nSPS) is 25.0. The summed E-state index contributed by atoms with van der Waals surface area (Å²) < 4.78 is 40.3. The molecular weight excluding hydrogens is 423 g/mol. The van der Waals surface area contributed by atoms with Crippen molar-refractivity contribution in [3.8, 4) is 0 Å². The average Bonchev–Trinajstić information content (AvgIpc) is 3.31. The number of hydrogen-bond donors (Lipinski definition) is 2. The van der Waals surface area contributed by atoms with Crippen LogP contribution in [-0.2, 0) is 10.0 Å². The Morgan fingerprint density at radius 3 is 2.96 bits per heavy atom. The van der Waals surface area contributed by atoms with Gasteiger partial charge in [-0.1, -0.05) is 22.9 Å². The van der Waals surface area contributed by atoms with Crippen molar-refractivity contribution in [3.05, 3.63) is 34.5 Å². The van der Waals surface area contributed by atoms with Crippen molar-refractivity contribution in [2.45, 2.75) is 49.1 Å². The molecule has 0 unspecified atom stereocenters. The summed E-state index contributed by atoms with van der Waals surface area (Å²) in [7, 11) is -3.88. The molecule has 0 saturated carbocycles. The maximum Gasteiger partial charge on any atom is 0.263 e. The Bertz CT molecular complexity index is 984. The van der Waals surface area contributed by atoms with Crippen molar-refractivity contribution in [3.63, 3.8) is 0 Å². The van der Waals surface area contributed by atoms with E-state index < -0.39 is 15.2 Å². The number of halogens is 2. The first-order chi connectivity index (χ1) is 13.3. The van der Waals surface area contributed by atoms with Gasteiger partial charge in [0, 0.05) is 18.1 Å². The molecule has 0 bridgehead atoms. The number of benzene rings is 1. The van der Waals surface area contributed by atoms with Gasteiger partial charge in [0.15, 0.2) is 10.3 Å². The van der Waals surface area contributed by atoms with Gasteiger partial charge in [-0.3, -0.25) is 9.62 Å².